The van der Waals surface area contributed by atoms with Gasteiger partial charge in [0.1, 0.15) is 5.75 Å². The maximum atomic E-state index is 12.3. The van der Waals surface area contributed by atoms with E-state index in [1.807, 2.05) is 49.4 Å². The van der Waals surface area contributed by atoms with E-state index >= 15 is 0 Å². The number of benzene rings is 2. The second-order valence-electron chi connectivity index (χ2n) is 5.54. The fourth-order valence-corrected chi connectivity index (χ4v) is 2.55. The van der Waals surface area contributed by atoms with Crippen LogP contribution in [0, 0.1) is 13.8 Å². The largest absolute Gasteiger partial charge is 0.480 e. The van der Waals surface area contributed by atoms with Crippen LogP contribution >= 0.6 is 0 Å². The number of anilines is 1. The van der Waals surface area contributed by atoms with Crippen molar-refractivity contribution in [2.45, 2.75) is 32.8 Å². The topological polar surface area (TPSA) is 38.3 Å². The lowest BCUT2D eigenvalue weighted by atomic mass is 10.0. The highest BCUT2D eigenvalue weighted by Crippen LogP contribution is 2.27. The molecular formula is C18H19NO2. The number of nitrogens with one attached hydrogen (secondary N) is 1. The number of aryl methyl sites for hydroxylation is 3. The van der Waals surface area contributed by atoms with E-state index in [0.29, 0.717) is 6.42 Å². The van der Waals surface area contributed by atoms with E-state index < -0.39 is 6.10 Å². The van der Waals surface area contributed by atoms with Crippen LogP contribution in [-0.2, 0) is 11.2 Å². The lowest BCUT2D eigenvalue weighted by Crippen LogP contribution is -2.35. The summed E-state index contributed by atoms with van der Waals surface area (Å²) in [6.07, 6.45) is 1.18. The number of ether oxygens (including phenoxy) is 1. The molecule has 0 fully saturated rings. The molecule has 0 spiro atoms. The van der Waals surface area contributed by atoms with Crippen molar-refractivity contribution in [1.82, 2.24) is 0 Å². The van der Waals surface area contributed by atoms with Gasteiger partial charge in [-0.05, 0) is 61.6 Å². The van der Waals surface area contributed by atoms with Gasteiger partial charge >= 0.3 is 0 Å². The molecule has 1 aliphatic heterocycles. The predicted octanol–water partition coefficient (Wildman–Crippen LogP) is 3.64. The fraction of sp³-hybridized carbons (Fsp3) is 0.278. The molecule has 1 unspecified atom stereocenters. The Morgan fingerprint density at radius 2 is 1.95 bits per heavy atom. The summed E-state index contributed by atoms with van der Waals surface area (Å²) in [4.78, 5) is 12.3. The monoisotopic (exact) mass is 281 g/mol. The zero-order valence-electron chi connectivity index (χ0n) is 12.3. The van der Waals surface area contributed by atoms with Gasteiger partial charge in [-0.2, -0.15) is 0 Å². The van der Waals surface area contributed by atoms with E-state index in [-0.39, 0.29) is 5.91 Å². The van der Waals surface area contributed by atoms with Gasteiger partial charge in [-0.3, -0.25) is 4.79 Å². The minimum atomic E-state index is -0.415. The zero-order chi connectivity index (χ0) is 14.8. The first-order chi connectivity index (χ1) is 10.1. The summed E-state index contributed by atoms with van der Waals surface area (Å²) in [5.41, 5.74) is 4.39. The third-order valence-electron chi connectivity index (χ3n) is 3.98. The Labute approximate surface area is 124 Å². The van der Waals surface area contributed by atoms with Crippen LogP contribution in [0.25, 0.3) is 0 Å². The Morgan fingerprint density at radius 3 is 2.76 bits per heavy atom. The summed E-state index contributed by atoms with van der Waals surface area (Å²) in [6, 6.07) is 13.8. The van der Waals surface area contributed by atoms with Crippen molar-refractivity contribution in [3.05, 3.63) is 59.2 Å². The molecule has 3 nitrogen and oxygen atoms in total. The fourth-order valence-electron chi connectivity index (χ4n) is 2.55. The maximum absolute atomic E-state index is 12.3. The molecule has 0 aromatic heterocycles. The SMILES string of the molecule is Cc1ccc(NC(=O)C2CCc3ccccc3O2)cc1C. The Morgan fingerprint density at radius 1 is 1.14 bits per heavy atom. The number of rotatable bonds is 2. The third kappa shape index (κ3) is 2.92. The normalized spacial score (nSPS) is 16.8. The van der Waals surface area contributed by atoms with Crippen molar-refractivity contribution < 1.29 is 9.53 Å². The van der Waals surface area contributed by atoms with Crippen LogP contribution in [0.2, 0.25) is 0 Å². The lowest BCUT2D eigenvalue weighted by Gasteiger charge is -2.25. The molecule has 1 N–H and O–H groups in total. The van der Waals surface area contributed by atoms with Crippen LogP contribution in [0.3, 0.4) is 0 Å². The molecule has 0 aliphatic carbocycles. The van der Waals surface area contributed by atoms with Crippen molar-refractivity contribution in [2.24, 2.45) is 0 Å². The zero-order valence-corrected chi connectivity index (χ0v) is 12.3. The molecule has 1 atom stereocenters. The van der Waals surface area contributed by atoms with Gasteiger partial charge in [0, 0.05) is 5.69 Å². The molecule has 108 valence electrons. The van der Waals surface area contributed by atoms with E-state index in [9.17, 15) is 4.79 Å². The molecule has 3 rings (SSSR count). The van der Waals surface area contributed by atoms with Crippen LogP contribution in [0.4, 0.5) is 5.69 Å². The van der Waals surface area contributed by atoms with Crippen molar-refractivity contribution >= 4 is 11.6 Å². The minimum Gasteiger partial charge on any atom is -0.480 e. The molecule has 1 heterocycles. The lowest BCUT2D eigenvalue weighted by molar-refractivity contribution is -0.123. The quantitative estimate of drug-likeness (QED) is 0.912. The molecule has 1 aliphatic rings. The van der Waals surface area contributed by atoms with Gasteiger partial charge in [0.15, 0.2) is 6.10 Å². The summed E-state index contributed by atoms with van der Waals surface area (Å²) in [6.45, 7) is 4.10. The number of carbonyl (C=O) groups excluding carboxylic acids is 1. The second-order valence-corrected chi connectivity index (χ2v) is 5.54. The predicted molar refractivity (Wildman–Crippen MR) is 83.7 cm³/mol. The van der Waals surface area contributed by atoms with Gasteiger partial charge in [0.2, 0.25) is 0 Å². The van der Waals surface area contributed by atoms with Crippen LogP contribution in [0.15, 0.2) is 42.5 Å². The molecule has 1 amide bonds. The number of para-hydroxylation sites is 1. The van der Waals surface area contributed by atoms with Gasteiger partial charge in [0.25, 0.3) is 5.91 Å². The number of fused-ring (bicyclic) bond motifs is 1. The third-order valence-corrected chi connectivity index (χ3v) is 3.98. The van der Waals surface area contributed by atoms with E-state index in [1.165, 1.54) is 16.7 Å². The van der Waals surface area contributed by atoms with Crippen molar-refractivity contribution in [3.8, 4) is 5.75 Å². The van der Waals surface area contributed by atoms with E-state index in [2.05, 4.69) is 12.2 Å². The van der Waals surface area contributed by atoms with Gasteiger partial charge in [-0.15, -0.1) is 0 Å². The molecule has 0 saturated carbocycles. The first kappa shape index (κ1) is 13.7. The first-order valence-corrected chi connectivity index (χ1v) is 7.26. The number of hydrogen-bond donors (Lipinski definition) is 1. The molecule has 0 radical (unpaired) electrons. The standard InChI is InChI=1S/C18H19NO2/c1-12-7-9-15(11-13(12)2)19-18(20)17-10-8-14-5-3-4-6-16(14)21-17/h3-7,9,11,17H,8,10H2,1-2H3,(H,19,20). The van der Waals surface area contributed by atoms with Crippen LogP contribution in [0.5, 0.6) is 5.75 Å². The molecule has 21 heavy (non-hydrogen) atoms. The number of carbonyl (C=O) groups is 1. The van der Waals surface area contributed by atoms with Crippen molar-refractivity contribution in [1.29, 1.82) is 0 Å². The number of hydrogen-bond acceptors (Lipinski definition) is 2. The van der Waals surface area contributed by atoms with Crippen LogP contribution in [0.1, 0.15) is 23.1 Å². The Bertz CT molecular complexity index is 679. The second kappa shape index (κ2) is 5.60. The van der Waals surface area contributed by atoms with Gasteiger partial charge in [-0.1, -0.05) is 24.3 Å². The minimum absolute atomic E-state index is 0.0762. The highest BCUT2D eigenvalue weighted by atomic mass is 16.5. The average molecular weight is 281 g/mol. The Hall–Kier alpha value is -2.29. The summed E-state index contributed by atoms with van der Waals surface area (Å²) >= 11 is 0. The van der Waals surface area contributed by atoms with Crippen LogP contribution < -0.4 is 10.1 Å². The van der Waals surface area contributed by atoms with Gasteiger partial charge in [-0.25, -0.2) is 0 Å². The summed E-state index contributed by atoms with van der Waals surface area (Å²) < 4.78 is 5.81. The van der Waals surface area contributed by atoms with E-state index in [1.54, 1.807) is 0 Å². The van der Waals surface area contributed by atoms with Gasteiger partial charge in [0.05, 0.1) is 0 Å². The Kier molecular flexibility index (Phi) is 3.65. The summed E-state index contributed by atoms with van der Waals surface area (Å²) in [5.74, 6) is 0.747. The van der Waals surface area contributed by atoms with Crippen molar-refractivity contribution in [3.63, 3.8) is 0 Å². The van der Waals surface area contributed by atoms with E-state index in [0.717, 1.165) is 17.9 Å². The number of amides is 1. The first-order valence-electron chi connectivity index (χ1n) is 7.26. The summed E-state index contributed by atoms with van der Waals surface area (Å²) in [7, 11) is 0. The highest BCUT2D eigenvalue weighted by molar-refractivity contribution is 5.94. The summed E-state index contributed by atoms with van der Waals surface area (Å²) in [5, 5.41) is 2.95. The molecule has 0 saturated heterocycles. The van der Waals surface area contributed by atoms with Crippen molar-refractivity contribution in [2.75, 3.05) is 5.32 Å². The molecular weight excluding hydrogens is 262 g/mol. The molecule has 2 aromatic carbocycles. The molecule has 0 bridgehead atoms. The average Bonchev–Trinajstić information content (AvgIpc) is 2.50. The smallest absolute Gasteiger partial charge is 0.265 e. The molecule has 3 heteroatoms. The molecule has 2 aromatic rings. The highest BCUT2D eigenvalue weighted by Gasteiger charge is 2.25. The maximum Gasteiger partial charge on any atom is 0.265 e. The van der Waals surface area contributed by atoms with Crippen LogP contribution in [-0.4, -0.2) is 12.0 Å². The van der Waals surface area contributed by atoms with E-state index in [4.69, 9.17) is 4.74 Å². The van der Waals surface area contributed by atoms with Gasteiger partial charge < -0.3 is 10.1 Å². The Balaban J connectivity index is 1.70.